The van der Waals surface area contributed by atoms with Gasteiger partial charge in [-0.3, -0.25) is 4.99 Å². The standard InChI is InChI=1S/C31H41N7O3/c1-7-32-25(18-23-21(2)11-12-26-24(23)19-35-38(26)27-10-8-9-17-40-27)28-22(3)29(34-20-33-28)36-13-15-37(16-14-36)30(39)41-31(4,5)6/h7,11-12,19-20,27H,3,8-10,13-18H2,1-2,4-6H3/b28-25+,32-7?. The van der Waals surface area contributed by atoms with Crippen LogP contribution >= 0.6 is 0 Å². The van der Waals surface area contributed by atoms with Crippen molar-refractivity contribution in [2.24, 2.45) is 4.99 Å². The van der Waals surface area contributed by atoms with Gasteiger partial charge in [-0.05, 0) is 71.1 Å². The number of ether oxygens (including phenoxy) is 2. The molecule has 2 fully saturated rings. The maximum Gasteiger partial charge on any atom is 0.410 e. The van der Waals surface area contributed by atoms with E-state index in [1.165, 1.54) is 5.56 Å². The van der Waals surface area contributed by atoms with Gasteiger partial charge in [0.1, 0.15) is 17.7 Å². The highest BCUT2D eigenvalue weighted by atomic mass is 16.6. The highest BCUT2D eigenvalue weighted by molar-refractivity contribution is 5.85. The predicted octanol–water partition coefficient (Wildman–Crippen LogP) is 3.74. The van der Waals surface area contributed by atoms with Crippen LogP contribution in [0.4, 0.5) is 10.6 Å². The fraction of sp³-hybridized carbons (Fsp3) is 0.516. The molecule has 2 saturated heterocycles. The molecule has 1 atom stereocenters. The average molecular weight is 560 g/mol. The van der Waals surface area contributed by atoms with Gasteiger partial charge in [0.25, 0.3) is 0 Å². The third kappa shape index (κ3) is 6.27. The van der Waals surface area contributed by atoms with Gasteiger partial charge in [0, 0.05) is 56.0 Å². The molecule has 0 aliphatic carbocycles. The van der Waals surface area contributed by atoms with Gasteiger partial charge < -0.3 is 19.3 Å². The molecule has 1 amide bonds. The maximum atomic E-state index is 12.5. The van der Waals surface area contributed by atoms with E-state index in [2.05, 4.69) is 40.5 Å². The van der Waals surface area contributed by atoms with Crippen molar-refractivity contribution in [3.8, 4) is 0 Å². The largest absolute Gasteiger partial charge is 0.444 e. The molecule has 10 heteroatoms. The molecule has 3 aromatic rings. The minimum Gasteiger partial charge on any atom is -0.444 e. The first-order valence-electron chi connectivity index (χ1n) is 14.5. The van der Waals surface area contributed by atoms with Crippen molar-refractivity contribution >= 4 is 41.3 Å². The van der Waals surface area contributed by atoms with Crippen LogP contribution < -0.4 is 15.5 Å². The van der Waals surface area contributed by atoms with E-state index in [0.717, 1.165) is 64.4 Å². The second kappa shape index (κ2) is 12.0. The normalized spacial score (nSPS) is 19.2. The van der Waals surface area contributed by atoms with Gasteiger partial charge in [-0.25, -0.2) is 19.4 Å². The Morgan fingerprint density at radius 2 is 1.98 bits per heavy atom. The van der Waals surface area contributed by atoms with E-state index < -0.39 is 5.60 Å². The number of carbonyl (C=O) groups is 1. The van der Waals surface area contributed by atoms with Crippen LogP contribution in [0.3, 0.4) is 0 Å². The summed E-state index contributed by atoms with van der Waals surface area (Å²) in [5.74, 6) is 0.764. The molecule has 10 nitrogen and oxygen atoms in total. The molecule has 0 saturated carbocycles. The number of aliphatic imine (C=N–C) groups is 1. The van der Waals surface area contributed by atoms with Crippen LogP contribution in [0.2, 0.25) is 0 Å². The third-order valence-corrected chi connectivity index (χ3v) is 7.61. The van der Waals surface area contributed by atoms with Gasteiger partial charge in [0.05, 0.1) is 22.8 Å². The molecule has 0 spiro atoms. The number of aromatic nitrogens is 4. The molecule has 1 unspecified atom stereocenters. The fourth-order valence-corrected chi connectivity index (χ4v) is 5.53. The Morgan fingerprint density at radius 1 is 1.20 bits per heavy atom. The number of carbonyl (C=O) groups excluding carboxylic acids is 1. The Bertz CT molecular complexity index is 1540. The van der Waals surface area contributed by atoms with Crippen molar-refractivity contribution in [2.75, 3.05) is 37.7 Å². The molecular weight excluding hydrogens is 518 g/mol. The topological polar surface area (TPSA) is 98.0 Å². The van der Waals surface area contributed by atoms with Crippen LogP contribution in [0.1, 0.15) is 64.3 Å². The fourth-order valence-electron chi connectivity index (χ4n) is 5.53. The molecule has 218 valence electrons. The second-order valence-electron chi connectivity index (χ2n) is 11.7. The van der Waals surface area contributed by atoms with E-state index in [4.69, 9.17) is 19.6 Å². The summed E-state index contributed by atoms with van der Waals surface area (Å²) in [6, 6.07) is 4.28. The van der Waals surface area contributed by atoms with Gasteiger partial charge in [-0.15, -0.1) is 0 Å². The highest BCUT2D eigenvalue weighted by Gasteiger charge is 2.27. The lowest BCUT2D eigenvalue weighted by atomic mass is 9.99. The minimum atomic E-state index is -0.521. The molecular formula is C31H41N7O3. The number of fused-ring (bicyclic) bond motifs is 1. The van der Waals surface area contributed by atoms with Crippen molar-refractivity contribution in [1.82, 2.24) is 24.6 Å². The number of rotatable bonds is 5. The number of benzene rings is 1. The zero-order valence-corrected chi connectivity index (χ0v) is 24.9. The van der Waals surface area contributed by atoms with Gasteiger partial charge in [-0.1, -0.05) is 12.6 Å². The average Bonchev–Trinajstić information content (AvgIpc) is 3.38. The van der Waals surface area contributed by atoms with Crippen LogP contribution in [-0.4, -0.2) is 75.3 Å². The van der Waals surface area contributed by atoms with Crippen LogP contribution in [0.5, 0.6) is 0 Å². The molecule has 0 radical (unpaired) electrons. The number of amides is 1. The molecule has 4 heterocycles. The Hall–Kier alpha value is -3.79. The smallest absolute Gasteiger partial charge is 0.410 e. The first kappa shape index (κ1) is 28.7. The lowest BCUT2D eigenvalue weighted by Gasteiger charge is -2.36. The van der Waals surface area contributed by atoms with Crippen molar-refractivity contribution in [2.45, 2.75) is 72.1 Å². The summed E-state index contributed by atoms with van der Waals surface area (Å²) in [5, 5.41) is 7.29. The molecule has 5 rings (SSSR count). The molecule has 2 aliphatic rings. The van der Waals surface area contributed by atoms with Crippen LogP contribution in [0.25, 0.3) is 23.2 Å². The second-order valence-corrected chi connectivity index (χ2v) is 11.7. The first-order chi connectivity index (χ1) is 19.7. The van der Waals surface area contributed by atoms with Gasteiger partial charge in [0.15, 0.2) is 6.23 Å². The number of hydrogen-bond acceptors (Lipinski definition) is 8. The monoisotopic (exact) mass is 559 g/mol. The molecule has 1 aromatic carbocycles. The summed E-state index contributed by atoms with van der Waals surface area (Å²) in [7, 11) is 0. The molecule has 2 aliphatic heterocycles. The molecule has 0 bridgehead atoms. The SMILES string of the molecule is C=c1c(N2CCN(C(=O)OC(C)(C)C)CC2)ncn/c1=C(\Cc1c(C)ccc2c1cnn2C1CCCCO1)N=CC. The Morgan fingerprint density at radius 3 is 2.66 bits per heavy atom. The lowest BCUT2D eigenvalue weighted by Crippen LogP contribution is -2.52. The third-order valence-electron chi connectivity index (χ3n) is 7.61. The van der Waals surface area contributed by atoms with E-state index in [9.17, 15) is 4.79 Å². The predicted molar refractivity (Wildman–Crippen MR) is 161 cm³/mol. The summed E-state index contributed by atoms with van der Waals surface area (Å²) >= 11 is 0. The Balaban J connectivity index is 1.45. The summed E-state index contributed by atoms with van der Waals surface area (Å²) in [4.78, 5) is 30.4. The van der Waals surface area contributed by atoms with E-state index in [0.29, 0.717) is 32.6 Å². The van der Waals surface area contributed by atoms with Crippen LogP contribution in [0, 0.1) is 6.92 Å². The van der Waals surface area contributed by atoms with E-state index in [1.54, 1.807) is 17.4 Å². The summed E-state index contributed by atoms with van der Waals surface area (Å²) in [6.07, 6.45) is 8.80. The van der Waals surface area contributed by atoms with Gasteiger partial charge in [-0.2, -0.15) is 5.10 Å². The molecule has 2 aromatic heterocycles. The van der Waals surface area contributed by atoms with Crippen molar-refractivity contribution in [3.05, 3.63) is 46.4 Å². The van der Waals surface area contributed by atoms with Crippen molar-refractivity contribution < 1.29 is 14.3 Å². The molecule has 41 heavy (non-hydrogen) atoms. The highest BCUT2D eigenvalue weighted by Crippen LogP contribution is 2.30. The number of piperazine rings is 1. The quantitative estimate of drug-likeness (QED) is 0.439. The van der Waals surface area contributed by atoms with E-state index in [1.807, 2.05) is 38.6 Å². The number of hydrogen-bond donors (Lipinski definition) is 0. The Labute approximate surface area is 241 Å². The Kier molecular flexibility index (Phi) is 8.40. The van der Waals surface area contributed by atoms with E-state index in [-0.39, 0.29) is 12.3 Å². The summed E-state index contributed by atoms with van der Waals surface area (Å²) in [5.41, 5.74) is 3.70. The number of anilines is 1. The zero-order valence-electron chi connectivity index (χ0n) is 24.9. The first-order valence-corrected chi connectivity index (χ1v) is 14.5. The van der Waals surface area contributed by atoms with Crippen LogP contribution in [-0.2, 0) is 15.9 Å². The van der Waals surface area contributed by atoms with Crippen molar-refractivity contribution in [1.29, 1.82) is 0 Å². The molecule has 0 N–H and O–H groups in total. The summed E-state index contributed by atoms with van der Waals surface area (Å²) < 4.78 is 13.6. The van der Waals surface area contributed by atoms with Gasteiger partial charge >= 0.3 is 6.09 Å². The van der Waals surface area contributed by atoms with Crippen LogP contribution in [0.15, 0.2) is 29.6 Å². The van der Waals surface area contributed by atoms with Gasteiger partial charge in [0.2, 0.25) is 0 Å². The minimum absolute atomic E-state index is 0.0272. The lowest BCUT2D eigenvalue weighted by molar-refractivity contribution is -0.0366. The zero-order chi connectivity index (χ0) is 29.1. The maximum absolute atomic E-state index is 12.5. The summed E-state index contributed by atoms with van der Waals surface area (Å²) in [6.45, 7) is 17.2. The van der Waals surface area contributed by atoms with E-state index >= 15 is 0 Å². The number of nitrogens with zero attached hydrogens (tertiary/aromatic N) is 7. The van der Waals surface area contributed by atoms with Crippen molar-refractivity contribution in [3.63, 3.8) is 0 Å². The number of aryl methyl sites for hydroxylation is 1.